The highest BCUT2D eigenvalue weighted by molar-refractivity contribution is 7.91. The Morgan fingerprint density at radius 2 is 1.85 bits per heavy atom. The maximum Gasteiger partial charge on any atom is 0.420 e. The first kappa shape index (κ1) is 19.2. The minimum Gasteiger partial charge on any atom is -0.489 e. The summed E-state index contributed by atoms with van der Waals surface area (Å²) in [6.45, 7) is 1.33. The molecule has 0 atom stereocenters. The van der Waals surface area contributed by atoms with Crippen LogP contribution in [0.4, 0.5) is 18.9 Å². The zero-order chi connectivity index (χ0) is 19.8. The van der Waals surface area contributed by atoms with Crippen LogP contribution in [0.1, 0.15) is 22.8 Å². The van der Waals surface area contributed by atoms with Crippen molar-refractivity contribution >= 4 is 21.4 Å². The molecule has 1 heterocycles. The number of hydrogen-bond donors (Lipinski definition) is 0. The van der Waals surface area contributed by atoms with Crippen LogP contribution in [0.25, 0.3) is 0 Å². The van der Waals surface area contributed by atoms with Crippen LogP contribution < -0.4 is 9.64 Å². The van der Waals surface area contributed by atoms with E-state index in [2.05, 4.69) is 0 Å². The van der Waals surface area contributed by atoms with Gasteiger partial charge < -0.3 is 9.64 Å². The molecule has 0 saturated heterocycles. The summed E-state index contributed by atoms with van der Waals surface area (Å²) in [4.78, 5) is 14.0. The van der Waals surface area contributed by atoms with Crippen molar-refractivity contribution in [2.24, 2.45) is 0 Å². The van der Waals surface area contributed by atoms with Gasteiger partial charge in [-0.2, -0.15) is 13.2 Å². The van der Waals surface area contributed by atoms with E-state index >= 15 is 0 Å². The summed E-state index contributed by atoms with van der Waals surface area (Å²) in [5, 5.41) is 0. The number of carbonyl (C=O) groups is 1. The topological polar surface area (TPSA) is 63.7 Å². The molecule has 1 amide bonds. The second-order valence-corrected chi connectivity index (χ2v) is 8.10. The highest BCUT2D eigenvalue weighted by atomic mass is 32.2. The van der Waals surface area contributed by atoms with Gasteiger partial charge in [0.25, 0.3) is 5.91 Å². The van der Waals surface area contributed by atoms with Crippen molar-refractivity contribution in [2.75, 3.05) is 23.8 Å². The average Bonchev–Trinajstić information content (AvgIpc) is 2.65. The fraction of sp³-hybridized carbons (Fsp3) is 0.278. The molecule has 9 heteroatoms. The van der Waals surface area contributed by atoms with Gasteiger partial charge in [-0.15, -0.1) is 0 Å². The first-order valence-corrected chi connectivity index (χ1v) is 9.78. The van der Waals surface area contributed by atoms with Crippen molar-refractivity contribution in [3.8, 4) is 5.75 Å². The van der Waals surface area contributed by atoms with Crippen LogP contribution in [0.5, 0.6) is 5.75 Å². The predicted molar refractivity (Wildman–Crippen MR) is 92.8 cm³/mol. The summed E-state index contributed by atoms with van der Waals surface area (Å²) in [5.41, 5.74) is -1.10. The second kappa shape index (κ2) is 6.88. The van der Waals surface area contributed by atoms with Crippen molar-refractivity contribution in [2.45, 2.75) is 18.0 Å². The highest BCUT2D eigenvalue weighted by Gasteiger charge is 2.38. The van der Waals surface area contributed by atoms with Crippen LogP contribution in [0.15, 0.2) is 47.4 Å². The number of alkyl halides is 3. The Balaban J connectivity index is 2.11. The predicted octanol–water partition coefficient (Wildman–Crippen LogP) is 3.54. The number of para-hydroxylation sites is 1. The molecule has 1 aliphatic heterocycles. The van der Waals surface area contributed by atoms with Crippen LogP contribution >= 0.6 is 0 Å². The van der Waals surface area contributed by atoms with Crippen molar-refractivity contribution < 1.29 is 31.1 Å². The smallest absolute Gasteiger partial charge is 0.420 e. The Hall–Kier alpha value is -2.55. The summed E-state index contributed by atoms with van der Waals surface area (Å²) in [5.74, 6) is -1.32. The van der Waals surface area contributed by atoms with Crippen LogP contribution in [-0.2, 0) is 16.0 Å². The van der Waals surface area contributed by atoms with Gasteiger partial charge in [0, 0.05) is 0 Å². The van der Waals surface area contributed by atoms with Gasteiger partial charge in [-0.25, -0.2) is 8.42 Å². The number of rotatable bonds is 3. The molecular formula is C18H16F3NO4S. The van der Waals surface area contributed by atoms with E-state index in [9.17, 15) is 26.4 Å². The molecule has 1 aliphatic rings. The van der Waals surface area contributed by atoms with E-state index < -0.39 is 33.2 Å². The molecule has 0 bridgehead atoms. The zero-order valence-corrected chi connectivity index (χ0v) is 15.1. The van der Waals surface area contributed by atoms with Gasteiger partial charge in [0.1, 0.15) is 6.61 Å². The van der Waals surface area contributed by atoms with Gasteiger partial charge in [0.2, 0.25) is 0 Å². The molecule has 0 N–H and O–H groups in total. The van der Waals surface area contributed by atoms with Crippen LogP contribution in [0.2, 0.25) is 0 Å². The molecule has 3 rings (SSSR count). The fourth-order valence-corrected chi connectivity index (χ4v) is 3.99. The fourth-order valence-electron chi connectivity index (χ4n) is 2.90. The lowest BCUT2D eigenvalue weighted by molar-refractivity contribution is -0.139. The molecule has 144 valence electrons. The van der Waals surface area contributed by atoms with Crippen molar-refractivity contribution in [3.05, 3.63) is 53.6 Å². The summed E-state index contributed by atoms with van der Waals surface area (Å²) >= 11 is 0. The molecule has 0 saturated carbocycles. The first-order chi connectivity index (χ1) is 12.7. The molecule has 0 aromatic heterocycles. The molecule has 0 spiro atoms. The first-order valence-electron chi connectivity index (χ1n) is 8.13. The number of sulfone groups is 1. The van der Waals surface area contributed by atoms with Gasteiger partial charge >= 0.3 is 6.18 Å². The minimum atomic E-state index is -4.64. The SMILES string of the molecule is CCS(=O)(=O)c1ccccc1C(=O)N1CCOc2c1cccc2C(F)(F)F. The third-order valence-corrected chi connectivity index (χ3v) is 6.02. The largest absolute Gasteiger partial charge is 0.489 e. The van der Waals surface area contributed by atoms with Gasteiger partial charge in [-0.3, -0.25) is 4.79 Å². The molecule has 5 nitrogen and oxygen atoms in total. The summed E-state index contributed by atoms with van der Waals surface area (Å²) in [6, 6.07) is 9.09. The van der Waals surface area contributed by atoms with Crippen molar-refractivity contribution in [1.29, 1.82) is 0 Å². The van der Waals surface area contributed by atoms with Gasteiger partial charge in [0.05, 0.1) is 34.0 Å². The van der Waals surface area contributed by atoms with Crippen molar-refractivity contribution in [1.82, 2.24) is 0 Å². The Labute approximate surface area is 154 Å². The standard InChI is InChI=1S/C18H16F3NO4S/c1-2-27(24,25)15-9-4-3-6-12(15)17(23)22-10-11-26-16-13(18(19,20)21)7-5-8-14(16)22/h3-9H,2,10-11H2,1H3. The molecule has 27 heavy (non-hydrogen) atoms. The Morgan fingerprint density at radius 1 is 1.15 bits per heavy atom. The Morgan fingerprint density at radius 3 is 2.52 bits per heavy atom. The van der Waals surface area contributed by atoms with Crippen LogP contribution in [-0.4, -0.2) is 33.2 Å². The van der Waals surface area contributed by atoms with Gasteiger partial charge in [-0.1, -0.05) is 25.1 Å². The number of hydrogen-bond acceptors (Lipinski definition) is 4. The highest BCUT2D eigenvalue weighted by Crippen LogP contribution is 2.43. The number of halogens is 3. The monoisotopic (exact) mass is 399 g/mol. The molecule has 2 aromatic rings. The Bertz CT molecular complexity index is 986. The third kappa shape index (κ3) is 3.51. The van der Waals surface area contributed by atoms with Gasteiger partial charge in [0.15, 0.2) is 15.6 Å². The lowest BCUT2D eigenvalue weighted by Gasteiger charge is -2.31. The molecule has 0 unspecified atom stereocenters. The summed E-state index contributed by atoms with van der Waals surface area (Å²) < 4.78 is 69.5. The van der Waals surface area contributed by atoms with Crippen LogP contribution in [0, 0.1) is 0 Å². The second-order valence-electron chi connectivity index (χ2n) is 5.86. The Kier molecular flexibility index (Phi) is 4.90. The number of ether oxygens (including phenoxy) is 1. The van der Waals surface area contributed by atoms with E-state index in [1.165, 1.54) is 43.3 Å². The zero-order valence-electron chi connectivity index (χ0n) is 14.3. The van der Waals surface area contributed by atoms with E-state index in [4.69, 9.17) is 4.74 Å². The maximum absolute atomic E-state index is 13.2. The normalized spacial score (nSPS) is 14.4. The average molecular weight is 399 g/mol. The van der Waals surface area contributed by atoms with E-state index in [0.717, 1.165) is 11.0 Å². The minimum absolute atomic E-state index is 0.00759. The lowest BCUT2D eigenvalue weighted by Crippen LogP contribution is -2.39. The van der Waals surface area contributed by atoms with E-state index in [-0.39, 0.29) is 35.1 Å². The number of benzene rings is 2. The van der Waals surface area contributed by atoms with Crippen LogP contribution in [0.3, 0.4) is 0 Å². The van der Waals surface area contributed by atoms with Gasteiger partial charge in [-0.05, 0) is 24.3 Å². The molecule has 2 aromatic carbocycles. The molecule has 0 radical (unpaired) electrons. The maximum atomic E-state index is 13.2. The number of carbonyl (C=O) groups excluding carboxylic acids is 1. The molecule has 0 aliphatic carbocycles. The lowest BCUT2D eigenvalue weighted by atomic mass is 10.1. The summed E-state index contributed by atoms with van der Waals surface area (Å²) in [6.07, 6.45) is -4.64. The van der Waals surface area contributed by atoms with E-state index in [1.54, 1.807) is 0 Å². The van der Waals surface area contributed by atoms with E-state index in [1.807, 2.05) is 0 Å². The summed E-state index contributed by atoms with van der Waals surface area (Å²) in [7, 11) is -3.68. The number of fused-ring (bicyclic) bond motifs is 1. The van der Waals surface area contributed by atoms with E-state index in [0.29, 0.717) is 0 Å². The quantitative estimate of drug-likeness (QED) is 0.792. The number of amides is 1. The number of anilines is 1. The third-order valence-electron chi connectivity index (χ3n) is 4.23. The number of nitrogens with zero attached hydrogens (tertiary/aromatic N) is 1. The molecule has 0 fully saturated rings. The molecular weight excluding hydrogens is 383 g/mol. The van der Waals surface area contributed by atoms with Crippen molar-refractivity contribution in [3.63, 3.8) is 0 Å².